The molecule has 4 N–H and O–H groups in total. The Bertz CT molecular complexity index is 1000. The molecule has 1 saturated heterocycles. The molecule has 4 atom stereocenters. The number of rotatable bonds is 9. The van der Waals surface area contributed by atoms with E-state index in [0.29, 0.717) is 28.7 Å². The third-order valence-electron chi connectivity index (χ3n) is 5.18. The zero-order chi connectivity index (χ0) is 21.8. The predicted molar refractivity (Wildman–Crippen MR) is 118 cm³/mol. The summed E-state index contributed by atoms with van der Waals surface area (Å²) in [7, 11) is 0. The molecule has 0 amide bonds. The SMILES string of the molecule is CCCSc1nc(NCCc2ccccc2)c2ncn([C@@H]3O[C@H](CO)[C@@H](O)[C@H]3O)c2n1. The van der Waals surface area contributed by atoms with Gasteiger partial charge in [-0.3, -0.25) is 4.57 Å². The van der Waals surface area contributed by atoms with Gasteiger partial charge in [-0.2, -0.15) is 0 Å². The number of imidazole rings is 1. The first-order chi connectivity index (χ1) is 15.1. The van der Waals surface area contributed by atoms with Gasteiger partial charge in [0.25, 0.3) is 0 Å². The standard InChI is InChI=1S/C21H27N5O4S/c1-2-10-31-21-24-18(22-9-8-13-6-4-3-5-7-13)15-19(25-21)26(12-23-15)20-17(29)16(28)14(11-27)30-20/h3-7,12,14,16-17,20,27-29H,2,8-11H2,1H3,(H,22,24,25)/t14-,16-,17-,20-/m1/s1. The van der Waals surface area contributed by atoms with Gasteiger partial charge in [0.2, 0.25) is 0 Å². The number of fused-ring (bicyclic) bond motifs is 1. The lowest BCUT2D eigenvalue weighted by atomic mass is 10.1. The summed E-state index contributed by atoms with van der Waals surface area (Å²) in [5, 5.41) is 33.9. The van der Waals surface area contributed by atoms with Crippen LogP contribution in [0, 0.1) is 0 Å². The van der Waals surface area contributed by atoms with Gasteiger partial charge in [0.05, 0.1) is 12.9 Å². The quantitative estimate of drug-likeness (QED) is 0.287. The molecule has 2 aromatic heterocycles. The van der Waals surface area contributed by atoms with E-state index in [-0.39, 0.29) is 6.61 Å². The van der Waals surface area contributed by atoms with Gasteiger partial charge in [-0.05, 0) is 18.4 Å². The van der Waals surface area contributed by atoms with Crippen LogP contribution in [0.4, 0.5) is 5.82 Å². The Kier molecular flexibility index (Phi) is 7.03. The number of thioether (sulfide) groups is 1. The van der Waals surface area contributed by atoms with Crippen molar-refractivity contribution in [2.75, 3.05) is 24.2 Å². The fourth-order valence-electron chi connectivity index (χ4n) is 3.54. The van der Waals surface area contributed by atoms with Crippen molar-refractivity contribution >= 4 is 28.7 Å². The van der Waals surface area contributed by atoms with Crippen molar-refractivity contribution < 1.29 is 20.1 Å². The third-order valence-corrected chi connectivity index (χ3v) is 6.23. The fourth-order valence-corrected chi connectivity index (χ4v) is 4.24. The summed E-state index contributed by atoms with van der Waals surface area (Å²) >= 11 is 1.54. The summed E-state index contributed by atoms with van der Waals surface area (Å²) in [4.78, 5) is 13.7. The van der Waals surface area contributed by atoms with Crippen molar-refractivity contribution in [1.29, 1.82) is 0 Å². The highest BCUT2D eigenvalue weighted by Gasteiger charge is 2.44. The number of nitrogens with zero attached hydrogens (tertiary/aromatic N) is 4. The highest BCUT2D eigenvalue weighted by atomic mass is 32.2. The van der Waals surface area contributed by atoms with E-state index in [4.69, 9.17) is 4.74 Å². The van der Waals surface area contributed by atoms with Crippen molar-refractivity contribution in [2.45, 2.75) is 49.5 Å². The van der Waals surface area contributed by atoms with E-state index in [0.717, 1.165) is 18.6 Å². The molecule has 166 valence electrons. The van der Waals surface area contributed by atoms with Crippen molar-refractivity contribution in [3.63, 3.8) is 0 Å². The molecule has 10 heteroatoms. The van der Waals surface area contributed by atoms with Gasteiger partial charge in [0, 0.05) is 12.3 Å². The number of hydrogen-bond acceptors (Lipinski definition) is 9. The van der Waals surface area contributed by atoms with Crippen LogP contribution >= 0.6 is 11.8 Å². The number of aliphatic hydroxyl groups is 3. The van der Waals surface area contributed by atoms with Gasteiger partial charge in [-0.15, -0.1) is 0 Å². The molecule has 9 nitrogen and oxygen atoms in total. The lowest BCUT2D eigenvalue weighted by Gasteiger charge is -2.17. The maximum absolute atomic E-state index is 10.4. The van der Waals surface area contributed by atoms with Crippen LogP contribution in [-0.2, 0) is 11.2 Å². The molecule has 1 aliphatic rings. The molecule has 31 heavy (non-hydrogen) atoms. The molecular weight excluding hydrogens is 418 g/mol. The molecule has 3 heterocycles. The Hall–Kier alpha value is -2.24. The second-order valence-electron chi connectivity index (χ2n) is 7.42. The summed E-state index contributed by atoms with van der Waals surface area (Å²) in [6.45, 7) is 2.38. The largest absolute Gasteiger partial charge is 0.394 e. The molecule has 0 saturated carbocycles. The first-order valence-electron chi connectivity index (χ1n) is 10.4. The van der Waals surface area contributed by atoms with Crippen LogP contribution < -0.4 is 5.32 Å². The summed E-state index contributed by atoms with van der Waals surface area (Å²) in [5.74, 6) is 1.49. The summed E-state index contributed by atoms with van der Waals surface area (Å²) in [5.41, 5.74) is 2.29. The normalized spacial score (nSPS) is 23.5. The smallest absolute Gasteiger partial charge is 0.191 e. The van der Waals surface area contributed by atoms with Crippen LogP contribution in [0.1, 0.15) is 25.1 Å². The van der Waals surface area contributed by atoms with Crippen molar-refractivity contribution in [2.24, 2.45) is 0 Å². The Morgan fingerprint density at radius 2 is 1.97 bits per heavy atom. The molecule has 0 spiro atoms. The lowest BCUT2D eigenvalue weighted by Crippen LogP contribution is -2.33. The topological polar surface area (TPSA) is 126 Å². The lowest BCUT2D eigenvalue weighted by molar-refractivity contribution is -0.0511. The zero-order valence-corrected chi connectivity index (χ0v) is 18.1. The molecule has 0 unspecified atom stereocenters. The molecule has 1 aromatic carbocycles. The molecular formula is C21H27N5O4S. The Morgan fingerprint density at radius 3 is 2.68 bits per heavy atom. The summed E-state index contributed by atoms with van der Waals surface area (Å²) < 4.78 is 7.27. The van der Waals surface area contributed by atoms with Gasteiger partial charge < -0.3 is 25.4 Å². The molecule has 1 aliphatic heterocycles. The average molecular weight is 446 g/mol. The monoisotopic (exact) mass is 445 g/mol. The second kappa shape index (κ2) is 9.92. The van der Waals surface area contributed by atoms with E-state index in [2.05, 4.69) is 39.3 Å². The number of anilines is 1. The highest BCUT2D eigenvalue weighted by Crippen LogP contribution is 2.33. The van der Waals surface area contributed by atoms with Crippen molar-refractivity contribution in [3.8, 4) is 0 Å². The van der Waals surface area contributed by atoms with Crippen LogP contribution in [0.5, 0.6) is 0 Å². The Balaban J connectivity index is 1.62. The van der Waals surface area contributed by atoms with Crippen LogP contribution in [0.2, 0.25) is 0 Å². The molecule has 0 radical (unpaired) electrons. The average Bonchev–Trinajstić information content (AvgIpc) is 3.34. The van der Waals surface area contributed by atoms with Crippen LogP contribution in [0.25, 0.3) is 11.2 Å². The first kappa shape index (κ1) is 22.0. The zero-order valence-electron chi connectivity index (χ0n) is 17.3. The van der Waals surface area contributed by atoms with E-state index in [1.165, 1.54) is 11.9 Å². The molecule has 4 rings (SSSR count). The summed E-state index contributed by atoms with van der Waals surface area (Å²) in [6, 6.07) is 10.2. The number of benzene rings is 1. The first-order valence-corrected chi connectivity index (χ1v) is 11.4. The van der Waals surface area contributed by atoms with Gasteiger partial charge >= 0.3 is 0 Å². The molecule has 1 fully saturated rings. The minimum absolute atomic E-state index is 0.389. The van der Waals surface area contributed by atoms with Crippen LogP contribution in [-0.4, -0.2) is 72.1 Å². The number of ether oxygens (including phenoxy) is 1. The van der Waals surface area contributed by atoms with E-state index in [1.807, 2.05) is 18.2 Å². The maximum Gasteiger partial charge on any atom is 0.191 e. The van der Waals surface area contributed by atoms with Gasteiger partial charge in [-0.1, -0.05) is 49.0 Å². The molecule has 0 aliphatic carbocycles. The molecule has 3 aromatic rings. The minimum atomic E-state index is -1.20. The van der Waals surface area contributed by atoms with E-state index >= 15 is 0 Å². The predicted octanol–water partition coefficient (Wildman–Crippen LogP) is 1.59. The number of aliphatic hydroxyl groups excluding tert-OH is 3. The molecule has 0 bridgehead atoms. The van der Waals surface area contributed by atoms with E-state index < -0.39 is 24.5 Å². The Morgan fingerprint density at radius 1 is 1.16 bits per heavy atom. The van der Waals surface area contributed by atoms with Gasteiger partial charge in [0.15, 0.2) is 28.4 Å². The van der Waals surface area contributed by atoms with Crippen LogP contribution in [0.15, 0.2) is 41.8 Å². The minimum Gasteiger partial charge on any atom is -0.394 e. The third kappa shape index (κ3) is 4.68. The maximum atomic E-state index is 10.4. The fraction of sp³-hybridized carbons (Fsp3) is 0.476. The van der Waals surface area contributed by atoms with E-state index in [1.54, 1.807) is 16.3 Å². The number of aromatic nitrogens is 4. The van der Waals surface area contributed by atoms with Gasteiger partial charge in [0.1, 0.15) is 18.3 Å². The summed E-state index contributed by atoms with van der Waals surface area (Å²) in [6.07, 6.45) is -0.811. The van der Waals surface area contributed by atoms with Crippen molar-refractivity contribution in [1.82, 2.24) is 19.5 Å². The number of hydrogen-bond donors (Lipinski definition) is 4. The van der Waals surface area contributed by atoms with Gasteiger partial charge in [-0.25, -0.2) is 15.0 Å². The van der Waals surface area contributed by atoms with Crippen LogP contribution in [0.3, 0.4) is 0 Å². The number of nitrogens with one attached hydrogen (secondary N) is 1. The van der Waals surface area contributed by atoms with Crippen molar-refractivity contribution in [3.05, 3.63) is 42.2 Å². The second-order valence-corrected chi connectivity index (χ2v) is 8.48. The Labute approximate surface area is 184 Å². The van der Waals surface area contributed by atoms with E-state index in [9.17, 15) is 15.3 Å². The highest BCUT2D eigenvalue weighted by molar-refractivity contribution is 7.99.